The van der Waals surface area contributed by atoms with Gasteiger partial charge in [-0.05, 0) is 37.8 Å². The van der Waals surface area contributed by atoms with Gasteiger partial charge in [0.2, 0.25) is 10.0 Å². The molecule has 29 heavy (non-hydrogen) atoms. The van der Waals surface area contributed by atoms with E-state index in [0.717, 1.165) is 51.4 Å². The van der Waals surface area contributed by atoms with Gasteiger partial charge in [-0.1, -0.05) is 69.1 Å². The standard InChI is InChI=1S/C23H31NO4S/c1-3-4-5-7-12-20(28-19(2)25)16-18-23-17-11-10-15-22(23)24(23)29(26,27)21-13-8-6-9-14-21/h6,8-9,13-14,20,22H,3-5,7,10-12,15,17H2,1-2H3. The normalized spacial score (nSPS) is 26.6. The maximum absolute atomic E-state index is 13.2. The summed E-state index contributed by atoms with van der Waals surface area (Å²) in [6.07, 6.45) is 8.08. The van der Waals surface area contributed by atoms with E-state index in [-0.39, 0.29) is 12.0 Å². The maximum Gasteiger partial charge on any atom is 0.303 e. The third-order valence-electron chi connectivity index (χ3n) is 5.82. The van der Waals surface area contributed by atoms with E-state index >= 15 is 0 Å². The van der Waals surface area contributed by atoms with Gasteiger partial charge in [0.05, 0.1) is 10.9 Å². The molecule has 0 radical (unpaired) electrons. The number of esters is 1. The van der Waals surface area contributed by atoms with Crippen molar-refractivity contribution in [1.82, 2.24) is 4.31 Å². The van der Waals surface area contributed by atoms with Crippen molar-refractivity contribution in [1.29, 1.82) is 0 Å². The van der Waals surface area contributed by atoms with E-state index in [1.54, 1.807) is 28.6 Å². The number of hydrogen-bond donors (Lipinski definition) is 0. The summed E-state index contributed by atoms with van der Waals surface area (Å²) in [5.41, 5.74) is -0.644. The largest absolute Gasteiger partial charge is 0.449 e. The molecule has 2 fully saturated rings. The van der Waals surface area contributed by atoms with Crippen molar-refractivity contribution in [3.8, 4) is 11.8 Å². The molecule has 158 valence electrons. The second-order valence-electron chi connectivity index (χ2n) is 8.02. The highest BCUT2D eigenvalue weighted by atomic mass is 32.2. The Labute approximate surface area is 174 Å². The zero-order valence-electron chi connectivity index (χ0n) is 17.4. The molecule has 4 unspecified atom stereocenters. The van der Waals surface area contributed by atoms with Crippen LogP contribution in [0.5, 0.6) is 0 Å². The number of hydrogen-bond acceptors (Lipinski definition) is 4. The zero-order chi connectivity index (χ0) is 20.9. The van der Waals surface area contributed by atoms with Crippen LogP contribution in [0.4, 0.5) is 0 Å². The lowest BCUT2D eigenvalue weighted by atomic mass is 9.89. The lowest BCUT2D eigenvalue weighted by molar-refractivity contribution is -0.144. The summed E-state index contributed by atoms with van der Waals surface area (Å²) in [5.74, 6) is 6.05. The maximum atomic E-state index is 13.2. The number of unbranched alkanes of at least 4 members (excludes halogenated alkanes) is 3. The minimum atomic E-state index is -3.58. The Hall–Kier alpha value is -1.84. The van der Waals surface area contributed by atoms with Crippen LogP contribution < -0.4 is 0 Å². The fourth-order valence-corrected chi connectivity index (χ4v) is 6.33. The average molecular weight is 418 g/mol. The average Bonchev–Trinajstić information content (AvgIpc) is 3.39. The number of sulfonamides is 1. The Kier molecular flexibility index (Phi) is 7.02. The van der Waals surface area contributed by atoms with Gasteiger partial charge in [0.25, 0.3) is 0 Å². The van der Waals surface area contributed by atoms with Crippen LogP contribution in [0.2, 0.25) is 0 Å². The molecule has 1 aliphatic heterocycles. The fourth-order valence-electron chi connectivity index (χ4n) is 4.34. The van der Waals surface area contributed by atoms with E-state index in [1.807, 2.05) is 6.07 Å². The smallest absolute Gasteiger partial charge is 0.303 e. The minimum Gasteiger partial charge on any atom is -0.449 e. The summed E-state index contributed by atoms with van der Waals surface area (Å²) in [6.45, 7) is 3.55. The molecule has 2 aliphatic rings. The van der Waals surface area contributed by atoms with E-state index in [2.05, 4.69) is 18.8 Å². The summed E-state index contributed by atoms with van der Waals surface area (Å²) in [6, 6.07) is 8.49. The molecule has 0 aromatic heterocycles. The number of benzene rings is 1. The molecule has 1 heterocycles. The van der Waals surface area contributed by atoms with Gasteiger partial charge in [0.15, 0.2) is 6.10 Å². The predicted molar refractivity (Wildman–Crippen MR) is 113 cm³/mol. The van der Waals surface area contributed by atoms with Crippen molar-refractivity contribution < 1.29 is 17.9 Å². The fraction of sp³-hybridized carbons (Fsp3) is 0.609. The molecule has 0 spiro atoms. The topological polar surface area (TPSA) is 63.4 Å². The van der Waals surface area contributed by atoms with Gasteiger partial charge < -0.3 is 4.74 Å². The highest BCUT2D eigenvalue weighted by Gasteiger charge is 2.68. The van der Waals surface area contributed by atoms with E-state index in [0.29, 0.717) is 11.3 Å². The molecule has 5 nitrogen and oxygen atoms in total. The third kappa shape index (κ3) is 4.84. The van der Waals surface area contributed by atoms with Crippen molar-refractivity contribution in [3.63, 3.8) is 0 Å². The third-order valence-corrected chi connectivity index (χ3v) is 7.79. The van der Waals surface area contributed by atoms with Gasteiger partial charge in [-0.15, -0.1) is 0 Å². The number of ether oxygens (including phenoxy) is 1. The number of carbonyl (C=O) groups excluding carboxylic acids is 1. The van der Waals surface area contributed by atoms with Crippen LogP contribution in [0, 0.1) is 11.8 Å². The summed E-state index contributed by atoms with van der Waals surface area (Å²) in [4.78, 5) is 11.8. The van der Waals surface area contributed by atoms with Crippen molar-refractivity contribution in [2.45, 2.75) is 94.2 Å². The predicted octanol–water partition coefficient (Wildman–Crippen LogP) is 4.28. The van der Waals surface area contributed by atoms with Gasteiger partial charge in [-0.2, -0.15) is 4.31 Å². The number of carbonyl (C=O) groups is 1. The van der Waals surface area contributed by atoms with Crippen LogP contribution >= 0.6 is 0 Å². The molecule has 0 bridgehead atoms. The molecule has 1 saturated carbocycles. The first-order valence-corrected chi connectivity index (χ1v) is 12.2. The van der Waals surface area contributed by atoms with Gasteiger partial charge >= 0.3 is 5.97 Å². The van der Waals surface area contributed by atoms with Crippen LogP contribution in [0.15, 0.2) is 35.2 Å². The number of nitrogens with zero attached hydrogens (tertiary/aromatic N) is 1. The van der Waals surface area contributed by atoms with Crippen LogP contribution in [-0.2, 0) is 19.6 Å². The van der Waals surface area contributed by atoms with Crippen molar-refractivity contribution in [2.24, 2.45) is 0 Å². The van der Waals surface area contributed by atoms with E-state index in [9.17, 15) is 13.2 Å². The molecule has 0 amide bonds. The lowest BCUT2D eigenvalue weighted by Crippen LogP contribution is -2.24. The van der Waals surface area contributed by atoms with Crippen LogP contribution in [-0.4, -0.2) is 36.4 Å². The summed E-state index contributed by atoms with van der Waals surface area (Å²) in [5, 5.41) is 0. The van der Waals surface area contributed by atoms with Crippen LogP contribution in [0.25, 0.3) is 0 Å². The quantitative estimate of drug-likeness (QED) is 0.274. The Morgan fingerprint density at radius 3 is 2.69 bits per heavy atom. The van der Waals surface area contributed by atoms with Gasteiger partial charge in [0, 0.05) is 6.92 Å². The molecular formula is C23H31NO4S. The summed E-state index contributed by atoms with van der Waals surface area (Å²) >= 11 is 0. The molecule has 6 heteroatoms. The van der Waals surface area contributed by atoms with Crippen molar-refractivity contribution in [3.05, 3.63) is 30.3 Å². The molecule has 1 aromatic carbocycles. The number of fused-ring (bicyclic) bond motifs is 1. The molecule has 1 saturated heterocycles. The minimum absolute atomic E-state index is 0.0768. The Morgan fingerprint density at radius 2 is 2.00 bits per heavy atom. The highest BCUT2D eigenvalue weighted by Crippen LogP contribution is 2.54. The zero-order valence-corrected chi connectivity index (χ0v) is 18.2. The Morgan fingerprint density at radius 1 is 1.24 bits per heavy atom. The van der Waals surface area contributed by atoms with E-state index in [4.69, 9.17) is 4.74 Å². The van der Waals surface area contributed by atoms with E-state index in [1.165, 1.54) is 6.92 Å². The second kappa shape index (κ2) is 9.32. The first kappa shape index (κ1) is 21.9. The van der Waals surface area contributed by atoms with Gasteiger partial charge in [0.1, 0.15) is 5.54 Å². The lowest BCUT2D eigenvalue weighted by Gasteiger charge is -2.15. The SMILES string of the molecule is CCCCCCC(C#CC12CCCCC1N2S(=O)(=O)c1ccccc1)OC(C)=O. The monoisotopic (exact) mass is 417 g/mol. The molecule has 1 aliphatic carbocycles. The number of rotatable bonds is 8. The molecule has 4 atom stereocenters. The van der Waals surface area contributed by atoms with E-state index < -0.39 is 21.7 Å². The molecule has 1 aromatic rings. The van der Waals surface area contributed by atoms with Gasteiger partial charge in [-0.25, -0.2) is 8.42 Å². The Bertz CT molecular complexity index is 871. The molecule has 0 N–H and O–H groups in total. The molecular weight excluding hydrogens is 386 g/mol. The highest BCUT2D eigenvalue weighted by molar-refractivity contribution is 7.89. The molecule has 3 rings (SSSR count). The van der Waals surface area contributed by atoms with Crippen LogP contribution in [0.1, 0.15) is 71.6 Å². The summed E-state index contributed by atoms with van der Waals surface area (Å²) < 4.78 is 33.4. The Balaban J connectivity index is 1.81. The van der Waals surface area contributed by atoms with Crippen molar-refractivity contribution >= 4 is 16.0 Å². The first-order valence-electron chi connectivity index (χ1n) is 10.7. The van der Waals surface area contributed by atoms with Gasteiger partial charge in [-0.3, -0.25) is 4.79 Å². The van der Waals surface area contributed by atoms with Crippen LogP contribution in [0.3, 0.4) is 0 Å². The summed E-state index contributed by atoms with van der Waals surface area (Å²) in [7, 11) is -3.58. The second-order valence-corrected chi connectivity index (χ2v) is 9.83. The first-order chi connectivity index (χ1) is 13.9. The van der Waals surface area contributed by atoms with Crippen molar-refractivity contribution in [2.75, 3.05) is 0 Å².